The molecule has 2 aromatic carbocycles. The SMILES string of the molecule is Cc1ccc(C)c(OCc2ccc(C(=O)Nc3cc(C)n(Cc4ccccc4)n3)o2)c1. The van der Waals surface area contributed by atoms with E-state index in [0.717, 1.165) is 28.1 Å². The molecule has 0 saturated carbocycles. The maximum atomic E-state index is 12.6. The molecule has 0 unspecified atom stereocenters. The number of hydrogen-bond donors (Lipinski definition) is 1. The summed E-state index contributed by atoms with van der Waals surface area (Å²) in [7, 11) is 0. The molecule has 4 rings (SSSR count). The molecule has 0 radical (unpaired) electrons. The van der Waals surface area contributed by atoms with Crippen molar-refractivity contribution in [1.82, 2.24) is 9.78 Å². The van der Waals surface area contributed by atoms with Crippen molar-refractivity contribution in [3.63, 3.8) is 0 Å². The Hall–Kier alpha value is -3.80. The molecule has 2 aromatic heterocycles. The number of nitrogens with zero attached hydrogens (tertiary/aromatic N) is 2. The molecule has 4 aromatic rings. The number of ether oxygens (including phenoxy) is 1. The van der Waals surface area contributed by atoms with E-state index < -0.39 is 0 Å². The topological polar surface area (TPSA) is 69.3 Å². The van der Waals surface area contributed by atoms with Crippen LogP contribution >= 0.6 is 0 Å². The van der Waals surface area contributed by atoms with Gasteiger partial charge in [-0.3, -0.25) is 9.48 Å². The molecule has 158 valence electrons. The summed E-state index contributed by atoms with van der Waals surface area (Å²) < 4.78 is 13.4. The summed E-state index contributed by atoms with van der Waals surface area (Å²) >= 11 is 0. The standard InChI is InChI=1S/C25H25N3O3/c1-17-9-10-18(2)23(13-17)30-16-21-11-12-22(31-21)25(29)26-24-14-19(3)28(27-24)15-20-7-5-4-6-8-20/h4-14H,15-16H2,1-3H3,(H,26,27,29). The van der Waals surface area contributed by atoms with Crippen molar-refractivity contribution in [3.8, 4) is 5.75 Å². The highest BCUT2D eigenvalue weighted by atomic mass is 16.5. The van der Waals surface area contributed by atoms with Crippen molar-refractivity contribution in [2.24, 2.45) is 0 Å². The van der Waals surface area contributed by atoms with Crippen LogP contribution in [0.25, 0.3) is 0 Å². The third-order valence-electron chi connectivity index (χ3n) is 5.00. The number of carbonyl (C=O) groups is 1. The highest BCUT2D eigenvalue weighted by Gasteiger charge is 2.15. The van der Waals surface area contributed by atoms with Crippen LogP contribution < -0.4 is 10.1 Å². The lowest BCUT2D eigenvalue weighted by Crippen LogP contribution is -2.12. The van der Waals surface area contributed by atoms with Gasteiger partial charge in [-0.25, -0.2) is 0 Å². The number of rotatable bonds is 7. The van der Waals surface area contributed by atoms with Crippen molar-refractivity contribution in [3.05, 3.63) is 101 Å². The second kappa shape index (κ2) is 8.92. The zero-order valence-electron chi connectivity index (χ0n) is 17.9. The minimum absolute atomic E-state index is 0.217. The van der Waals surface area contributed by atoms with Gasteiger partial charge in [0.2, 0.25) is 0 Å². The van der Waals surface area contributed by atoms with E-state index in [1.807, 2.05) is 80.1 Å². The lowest BCUT2D eigenvalue weighted by molar-refractivity contribution is 0.0992. The Labute approximate surface area is 181 Å². The molecule has 0 aliphatic heterocycles. The molecule has 0 bridgehead atoms. The maximum Gasteiger partial charge on any atom is 0.292 e. The van der Waals surface area contributed by atoms with Gasteiger partial charge in [0.1, 0.15) is 18.1 Å². The molecule has 6 heteroatoms. The fraction of sp³-hybridized carbons (Fsp3) is 0.200. The van der Waals surface area contributed by atoms with E-state index in [0.29, 0.717) is 18.1 Å². The monoisotopic (exact) mass is 415 g/mol. The zero-order valence-corrected chi connectivity index (χ0v) is 17.9. The van der Waals surface area contributed by atoms with Gasteiger partial charge in [-0.15, -0.1) is 0 Å². The number of nitrogens with one attached hydrogen (secondary N) is 1. The van der Waals surface area contributed by atoms with Crippen LogP contribution in [0.4, 0.5) is 5.82 Å². The first-order valence-corrected chi connectivity index (χ1v) is 10.2. The summed E-state index contributed by atoms with van der Waals surface area (Å²) in [6.45, 7) is 6.87. The predicted octanol–water partition coefficient (Wildman–Crippen LogP) is 5.28. The fourth-order valence-electron chi connectivity index (χ4n) is 3.25. The minimum atomic E-state index is -0.345. The van der Waals surface area contributed by atoms with Crippen molar-refractivity contribution in [2.75, 3.05) is 5.32 Å². The van der Waals surface area contributed by atoms with Crippen LogP contribution in [-0.2, 0) is 13.2 Å². The van der Waals surface area contributed by atoms with Gasteiger partial charge in [0.25, 0.3) is 5.91 Å². The smallest absolute Gasteiger partial charge is 0.292 e. The van der Waals surface area contributed by atoms with Gasteiger partial charge < -0.3 is 14.5 Å². The van der Waals surface area contributed by atoms with Crippen LogP contribution in [0.1, 0.15) is 38.7 Å². The molecule has 0 fully saturated rings. The molecular formula is C25H25N3O3. The van der Waals surface area contributed by atoms with E-state index in [1.165, 1.54) is 0 Å². The van der Waals surface area contributed by atoms with Crippen molar-refractivity contribution < 1.29 is 13.9 Å². The average molecular weight is 415 g/mol. The van der Waals surface area contributed by atoms with Gasteiger partial charge >= 0.3 is 0 Å². The Bertz CT molecular complexity index is 1190. The van der Waals surface area contributed by atoms with Crippen LogP contribution in [-0.4, -0.2) is 15.7 Å². The van der Waals surface area contributed by atoms with Gasteiger partial charge in [0, 0.05) is 11.8 Å². The van der Waals surface area contributed by atoms with Gasteiger partial charge in [0.15, 0.2) is 11.6 Å². The number of aromatic nitrogens is 2. The first-order valence-electron chi connectivity index (χ1n) is 10.2. The largest absolute Gasteiger partial charge is 0.485 e. The van der Waals surface area contributed by atoms with Gasteiger partial charge in [0.05, 0.1) is 6.54 Å². The third kappa shape index (κ3) is 5.04. The molecule has 31 heavy (non-hydrogen) atoms. The number of aryl methyl sites for hydroxylation is 3. The van der Waals surface area contributed by atoms with E-state index in [-0.39, 0.29) is 18.3 Å². The maximum absolute atomic E-state index is 12.6. The molecule has 2 heterocycles. The molecule has 1 amide bonds. The lowest BCUT2D eigenvalue weighted by Gasteiger charge is -2.08. The summed E-state index contributed by atoms with van der Waals surface area (Å²) in [6, 6.07) is 21.3. The minimum Gasteiger partial charge on any atom is -0.485 e. The van der Waals surface area contributed by atoms with Crippen LogP contribution in [0.15, 0.2) is 71.1 Å². The highest BCUT2D eigenvalue weighted by Crippen LogP contribution is 2.21. The number of carbonyl (C=O) groups excluding carboxylic acids is 1. The number of amides is 1. The van der Waals surface area contributed by atoms with E-state index in [4.69, 9.17) is 9.15 Å². The number of hydrogen-bond acceptors (Lipinski definition) is 4. The molecule has 0 spiro atoms. The van der Waals surface area contributed by atoms with E-state index >= 15 is 0 Å². The van der Waals surface area contributed by atoms with Gasteiger partial charge in [-0.1, -0.05) is 42.5 Å². The molecule has 0 saturated heterocycles. The summed E-state index contributed by atoms with van der Waals surface area (Å²) in [5.41, 5.74) is 4.28. The van der Waals surface area contributed by atoms with Crippen molar-refractivity contribution >= 4 is 11.7 Å². The molecule has 0 aliphatic carbocycles. The average Bonchev–Trinajstić information content (AvgIpc) is 3.36. The lowest BCUT2D eigenvalue weighted by atomic mass is 10.1. The van der Waals surface area contributed by atoms with Crippen LogP contribution in [0, 0.1) is 20.8 Å². The number of benzene rings is 2. The summed E-state index contributed by atoms with van der Waals surface area (Å²) in [5.74, 6) is 1.75. The first kappa shape index (κ1) is 20.5. The first-order chi connectivity index (χ1) is 15.0. The molecule has 0 atom stereocenters. The fourth-order valence-corrected chi connectivity index (χ4v) is 3.25. The van der Waals surface area contributed by atoms with Gasteiger partial charge in [-0.05, 0) is 55.7 Å². The summed E-state index contributed by atoms with van der Waals surface area (Å²) in [5, 5.41) is 7.29. The molecule has 1 N–H and O–H groups in total. The second-order valence-electron chi connectivity index (χ2n) is 7.59. The normalized spacial score (nSPS) is 10.8. The van der Waals surface area contributed by atoms with E-state index in [1.54, 1.807) is 12.1 Å². The number of furan rings is 1. The Balaban J connectivity index is 1.38. The Morgan fingerprint density at radius 2 is 1.84 bits per heavy atom. The molecule has 0 aliphatic rings. The zero-order chi connectivity index (χ0) is 21.8. The van der Waals surface area contributed by atoms with Crippen LogP contribution in [0.2, 0.25) is 0 Å². The predicted molar refractivity (Wildman–Crippen MR) is 119 cm³/mol. The van der Waals surface area contributed by atoms with Crippen molar-refractivity contribution in [1.29, 1.82) is 0 Å². The summed E-state index contributed by atoms with van der Waals surface area (Å²) in [4.78, 5) is 12.6. The Morgan fingerprint density at radius 3 is 2.65 bits per heavy atom. The third-order valence-corrected chi connectivity index (χ3v) is 5.00. The summed E-state index contributed by atoms with van der Waals surface area (Å²) in [6.07, 6.45) is 0. The Kier molecular flexibility index (Phi) is 5.89. The van der Waals surface area contributed by atoms with Crippen LogP contribution in [0.5, 0.6) is 5.75 Å². The number of anilines is 1. The second-order valence-corrected chi connectivity index (χ2v) is 7.59. The van der Waals surface area contributed by atoms with Gasteiger partial charge in [-0.2, -0.15) is 5.10 Å². The Morgan fingerprint density at radius 1 is 1.03 bits per heavy atom. The van der Waals surface area contributed by atoms with Crippen LogP contribution in [0.3, 0.4) is 0 Å². The molecular weight excluding hydrogens is 390 g/mol. The quantitative estimate of drug-likeness (QED) is 0.446. The molecule has 6 nitrogen and oxygen atoms in total. The van der Waals surface area contributed by atoms with E-state index in [2.05, 4.69) is 10.4 Å². The van der Waals surface area contributed by atoms with E-state index in [9.17, 15) is 4.79 Å². The van der Waals surface area contributed by atoms with Crippen molar-refractivity contribution in [2.45, 2.75) is 33.9 Å². The highest BCUT2D eigenvalue weighted by molar-refractivity contribution is 6.01.